The van der Waals surface area contributed by atoms with Crippen LogP contribution in [0.5, 0.6) is 0 Å². The van der Waals surface area contributed by atoms with E-state index in [1.807, 2.05) is 65.8 Å². The maximum absolute atomic E-state index is 13.3. The summed E-state index contributed by atoms with van der Waals surface area (Å²) in [5.74, 6) is -2.34. The number of nitrogens with two attached hydrogens (primary N) is 1. The van der Waals surface area contributed by atoms with E-state index in [1.165, 1.54) is 0 Å². The minimum absolute atomic E-state index is 0.0375. The van der Waals surface area contributed by atoms with Crippen LogP contribution in [0.1, 0.15) is 66.4 Å². The van der Waals surface area contributed by atoms with E-state index in [1.54, 1.807) is 6.20 Å². The quantitative estimate of drug-likeness (QED) is 0.202. The van der Waals surface area contributed by atoms with Gasteiger partial charge in [-0.05, 0) is 48.6 Å². The third-order valence-electron chi connectivity index (χ3n) is 6.46. The van der Waals surface area contributed by atoms with Crippen molar-refractivity contribution in [2.75, 3.05) is 0 Å². The monoisotopic (exact) mass is 543 g/mol. The zero-order valence-electron chi connectivity index (χ0n) is 23.9. The number of carboxylic acid groups (broad SMARTS) is 1. The topological polar surface area (TPSA) is 166 Å². The van der Waals surface area contributed by atoms with Crippen LogP contribution in [0.3, 0.4) is 0 Å². The minimum atomic E-state index is -1.19. The molecule has 3 amide bonds. The van der Waals surface area contributed by atoms with Crippen molar-refractivity contribution >= 4 is 34.6 Å². The molecule has 4 unspecified atom stereocenters. The van der Waals surface area contributed by atoms with Crippen LogP contribution in [0.2, 0.25) is 0 Å². The third-order valence-corrected chi connectivity index (χ3v) is 6.46. The molecule has 2 rings (SSSR count). The van der Waals surface area contributed by atoms with E-state index in [-0.39, 0.29) is 24.2 Å². The Kier molecular flexibility index (Phi) is 12.0. The maximum Gasteiger partial charge on any atom is 0.326 e. The highest BCUT2D eigenvalue weighted by molar-refractivity contribution is 5.94. The summed E-state index contributed by atoms with van der Waals surface area (Å²) < 4.78 is 0. The Bertz CT molecular complexity index is 1130. The lowest BCUT2D eigenvalue weighted by atomic mass is 9.98. The first kappa shape index (κ1) is 31.8. The second-order valence-electron chi connectivity index (χ2n) is 11.6. The van der Waals surface area contributed by atoms with Crippen LogP contribution >= 0.6 is 0 Å². The van der Waals surface area contributed by atoms with Crippen molar-refractivity contribution < 1.29 is 24.3 Å². The van der Waals surface area contributed by atoms with E-state index >= 15 is 0 Å². The van der Waals surface area contributed by atoms with Crippen molar-refractivity contribution in [1.29, 1.82) is 0 Å². The summed E-state index contributed by atoms with van der Waals surface area (Å²) in [6.45, 7) is 11.6. The smallest absolute Gasteiger partial charge is 0.326 e. The van der Waals surface area contributed by atoms with Gasteiger partial charge in [0.15, 0.2) is 0 Å². The van der Waals surface area contributed by atoms with Gasteiger partial charge in [0.1, 0.15) is 18.1 Å². The van der Waals surface area contributed by atoms with Gasteiger partial charge in [-0.1, -0.05) is 59.7 Å². The number of benzene rings is 1. The highest BCUT2D eigenvalue weighted by atomic mass is 16.4. The third kappa shape index (κ3) is 10.0. The standard InChI is InChI=1S/C29H45N5O5/c1-16(2)11-21(30)26(35)32-23(12-17(3)4)27(36)33-24(13-18(5)6)28(37)34-25(29(38)39)14-19-15-31-22-10-8-7-9-20(19)22/h7-10,15-18,21,23-25,31H,11-14,30H2,1-6H3,(H,32,35)(H,33,36)(H,34,37)(H,38,39). The van der Waals surface area contributed by atoms with Gasteiger partial charge < -0.3 is 31.8 Å². The summed E-state index contributed by atoms with van der Waals surface area (Å²) in [6, 6.07) is 3.74. The Hall–Kier alpha value is -3.40. The zero-order chi connectivity index (χ0) is 29.3. The molecule has 1 aromatic carbocycles. The predicted molar refractivity (Wildman–Crippen MR) is 152 cm³/mol. The molecule has 1 heterocycles. The lowest BCUT2D eigenvalue weighted by Crippen LogP contribution is -2.57. The highest BCUT2D eigenvalue weighted by Crippen LogP contribution is 2.19. The van der Waals surface area contributed by atoms with Gasteiger partial charge in [0.05, 0.1) is 6.04 Å². The summed E-state index contributed by atoms with van der Waals surface area (Å²) in [5, 5.41) is 18.9. The summed E-state index contributed by atoms with van der Waals surface area (Å²) in [7, 11) is 0. The summed E-state index contributed by atoms with van der Waals surface area (Å²) >= 11 is 0. The Morgan fingerprint density at radius 3 is 1.77 bits per heavy atom. The summed E-state index contributed by atoms with van der Waals surface area (Å²) in [6.07, 6.45) is 2.95. The van der Waals surface area contributed by atoms with E-state index in [0.717, 1.165) is 16.5 Å². The Morgan fingerprint density at radius 2 is 1.26 bits per heavy atom. The van der Waals surface area contributed by atoms with E-state index < -0.39 is 47.9 Å². The molecule has 216 valence electrons. The predicted octanol–water partition coefficient (Wildman–Crippen LogP) is 2.72. The number of hydrogen-bond donors (Lipinski definition) is 6. The molecule has 10 heteroatoms. The van der Waals surface area contributed by atoms with Crippen molar-refractivity contribution in [3.8, 4) is 0 Å². The molecule has 10 nitrogen and oxygen atoms in total. The lowest BCUT2D eigenvalue weighted by Gasteiger charge is -2.27. The number of carbonyl (C=O) groups is 4. The maximum atomic E-state index is 13.3. The lowest BCUT2D eigenvalue weighted by molar-refractivity contribution is -0.142. The molecular weight excluding hydrogens is 498 g/mol. The molecular formula is C29H45N5O5. The number of carbonyl (C=O) groups excluding carboxylic acids is 3. The van der Waals surface area contributed by atoms with E-state index in [0.29, 0.717) is 19.3 Å². The van der Waals surface area contributed by atoms with Crippen LogP contribution in [0.25, 0.3) is 10.9 Å². The number of aliphatic carboxylic acids is 1. The van der Waals surface area contributed by atoms with Gasteiger partial charge in [0.25, 0.3) is 0 Å². The fourth-order valence-electron chi connectivity index (χ4n) is 4.56. The van der Waals surface area contributed by atoms with Crippen LogP contribution in [0.15, 0.2) is 30.5 Å². The summed E-state index contributed by atoms with van der Waals surface area (Å²) in [4.78, 5) is 54.5. The second kappa shape index (κ2) is 14.7. The SMILES string of the molecule is CC(C)CC(N)C(=O)NC(CC(C)C)C(=O)NC(CC(C)C)C(=O)NC(Cc1c[nH]c2ccccc12)C(=O)O. The molecule has 0 spiro atoms. The number of nitrogens with one attached hydrogen (secondary N) is 4. The van der Waals surface area contributed by atoms with Crippen LogP contribution in [0.4, 0.5) is 0 Å². The number of aromatic nitrogens is 1. The molecule has 0 fully saturated rings. The van der Waals surface area contributed by atoms with Crippen molar-refractivity contribution in [1.82, 2.24) is 20.9 Å². The van der Waals surface area contributed by atoms with Crippen LogP contribution in [-0.2, 0) is 25.6 Å². The number of amides is 3. The van der Waals surface area contributed by atoms with Gasteiger partial charge in [-0.15, -0.1) is 0 Å². The minimum Gasteiger partial charge on any atom is -0.480 e. The molecule has 1 aromatic heterocycles. The van der Waals surface area contributed by atoms with Crippen LogP contribution in [0, 0.1) is 17.8 Å². The Labute approximate surface area is 230 Å². The number of fused-ring (bicyclic) bond motifs is 1. The summed E-state index contributed by atoms with van der Waals surface area (Å²) in [5.41, 5.74) is 7.66. The normalized spacial score (nSPS) is 14.7. The van der Waals surface area contributed by atoms with E-state index in [9.17, 15) is 24.3 Å². The highest BCUT2D eigenvalue weighted by Gasteiger charge is 2.31. The first-order chi connectivity index (χ1) is 18.3. The molecule has 0 saturated heterocycles. The largest absolute Gasteiger partial charge is 0.480 e. The van der Waals surface area contributed by atoms with Gasteiger partial charge in [0.2, 0.25) is 17.7 Å². The Balaban J connectivity index is 2.17. The van der Waals surface area contributed by atoms with Gasteiger partial charge >= 0.3 is 5.97 Å². The van der Waals surface area contributed by atoms with Gasteiger partial charge in [-0.25, -0.2) is 4.79 Å². The molecule has 0 aliphatic rings. The molecule has 2 aromatic rings. The second-order valence-corrected chi connectivity index (χ2v) is 11.6. The van der Waals surface area contributed by atoms with E-state index in [4.69, 9.17) is 5.73 Å². The zero-order valence-corrected chi connectivity index (χ0v) is 23.9. The van der Waals surface area contributed by atoms with Gasteiger partial charge in [0, 0.05) is 23.5 Å². The molecule has 0 saturated carbocycles. The fraction of sp³-hybridized carbons (Fsp3) is 0.586. The average molecular weight is 544 g/mol. The van der Waals surface area contributed by atoms with Crippen LogP contribution in [-0.4, -0.2) is 57.9 Å². The molecule has 0 radical (unpaired) electrons. The molecule has 0 aliphatic carbocycles. The van der Waals surface area contributed by atoms with E-state index in [2.05, 4.69) is 20.9 Å². The molecule has 4 atom stereocenters. The van der Waals surface area contributed by atoms with Crippen molar-refractivity contribution in [3.05, 3.63) is 36.0 Å². The number of aromatic amines is 1. The average Bonchev–Trinajstić information content (AvgIpc) is 3.24. The van der Waals surface area contributed by atoms with Crippen molar-refractivity contribution in [3.63, 3.8) is 0 Å². The molecule has 7 N–H and O–H groups in total. The molecule has 0 aliphatic heterocycles. The van der Waals surface area contributed by atoms with Crippen molar-refractivity contribution in [2.24, 2.45) is 23.5 Å². The number of para-hydroxylation sites is 1. The van der Waals surface area contributed by atoms with Gasteiger partial charge in [-0.2, -0.15) is 0 Å². The first-order valence-corrected chi connectivity index (χ1v) is 13.7. The number of hydrogen-bond acceptors (Lipinski definition) is 5. The number of carboxylic acids is 1. The number of H-pyrrole nitrogens is 1. The Morgan fingerprint density at radius 1 is 0.769 bits per heavy atom. The molecule has 0 bridgehead atoms. The first-order valence-electron chi connectivity index (χ1n) is 13.7. The number of rotatable bonds is 15. The van der Waals surface area contributed by atoms with Crippen molar-refractivity contribution in [2.45, 2.75) is 91.4 Å². The fourth-order valence-corrected chi connectivity index (χ4v) is 4.56. The van der Waals surface area contributed by atoms with Gasteiger partial charge in [-0.3, -0.25) is 14.4 Å². The van der Waals surface area contributed by atoms with Crippen LogP contribution < -0.4 is 21.7 Å². The molecule has 39 heavy (non-hydrogen) atoms.